The quantitative estimate of drug-likeness (QED) is 0.198. The smallest absolute Gasteiger partial charge is 0.351 e. The Bertz CT molecular complexity index is 1640. The number of amides is 1. The van der Waals surface area contributed by atoms with Gasteiger partial charge in [-0.15, -0.1) is 13.2 Å². The highest BCUT2D eigenvalue weighted by Crippen LogP contribution is 2.43. The lowest BCUT2D eigenvalue weighted by Crippen LogP contribution is -2.44. The first-order valence-corrected chi connectivity index (χ1v) is 16.8. The molecule has 2 aliphatic heterocycles. The van der Waals surface area contributed by atoms with Crippen LogP contribution in [-0.4, -0.2) is 108 Å². The molecular weight excluding hydrogens is 726 g/mol. The molecule has 2 aromatic heterocycles. The van der Waals surface area contributed by atoms with Crippen molar-refractivity contribution in [2.75, 3.05) is 52.7 Å². The SMILES string of the molecule is C=CCCC(=O)Cl.C=CCCC(=O)Nc1ccn([C@@H]2O[C@H](COC)C(OC)[C@]2(C)F)c(=O)n1.COC[C@H]1O[C@@H](n2ccc(N)nc2=O)[C@@](C)(F)C1OC. The highest BCUT2D eigenvalue weighted by molar-refractivity contribution is 6.63. The van der Waals surface area contributed by atoms with Crippen LogP contribution in [0.5, 0.6) is 0 Å². The molecule has 16 nitrogen and oxygen atoms in total. The predicted octanol–water partition coefficient (Wildman–Crippen LogP) is 3.27. The molecule has 1 amide bonds. The first-order chi connectivity index (χ1) is 25.0. The summed E-state index contributed by atoms with van der Waals surface area (Å²) in [4.78, 5) is 53.1. The number of methoxy groups -OCH3 is 4. The van der Waals surface area contributed by atoms with E-state index >= 15 is 4.39 Å². The molecule has 0 radical (unpaired) electrons. The average molecular weight is 775 g/mol. The van der Waals surface area contributed by atoms with Gasteiger partial charge in [-0.05, 0) is 50.4 Å². The van der Waals surface area contributed by atoms with Gasteiger partial charge in [0.15, 0.2) is 23.8 Å². The number of nitrogens with zero attached hydrogens (tertiary/aromatic N) is 4. The summed E-state index contributed by atoms with van der Waals surface area (Å²) in [7, 11) is 5.72. The fourth-order valence-corrected chi connectivity index (χ4v) is 5.80. The van der Waals surface area contributed by atoms with Crippen molar-refractivity contribution in [2.24, 2.45) is 0 Å². The monoisotopic (exact) mass is 774 g/mol. The lowest BCUT2D eigenvalue weighted by molar-refractivity contribution is -0.116. The summed E-state index contributed by atoms with van der Waals surface area (Å²) >= 11 is 4.97. The number of anilines is 2. The van der Waals surface area contributed by atoms with Crippen molar-refractivity contribution in [1.29, 1.82) is 0 Å². The van der Waals surface area contributed by atoms with Crippen molar-refractivity contribution < 1.29 is 46.8 Å². The van der Waals surface area contributed by atoms with E-state index in [0.717, 1.165) is 9.13 Å². The van der Waals surface area contributed by atoms with Crippen LogP contribution in [0.4, 0.5) is 20.4 Å². The van der Waals surface area contributed by atoms with E-state index in [9.17, 15) is 23.6 Å². The molecule has 2 aromatic rings. The second-order valence-corrected chi connectivity index (χ2v) is 12.6. The predicted molar refractivity (Wildman–Crippen MR) is 192 cm³/mol. The molecule has 2 aliphatic rings. The number of nitrogens with two attached hydrogens (primary N) is 1. The second kappa shape index (κ2) is 21.1. The molecule has 0 aliphatic carbocycles. The number of nitrogens with one attached hydrogen (secondary N) is 1. The first-order valence-electron chi connectivity index (χ1n) is 16.4. The largest absolute Gasteiger partial charge is 0.383 e. The molecule has 19 heteroatoms. The number of hydrogen-bond donors (Lipinski definition) is 2. The van der Waals surface area contributed by atoms with Crippen molar-refractivity contribution in [1.82, 2.24) is 19.1 Å². The van der Waals surface area contributed by atoms with Gasteiger partial charge in [-0.2, -0.15) is 9.97 Å². The molecular formula is C34H49ClF2N6O10. The average Bonchev–Trinajstić information content (AvgIpc) is 3.49. The van der Waals surface area contributed by atoms with Gasteiger partial charge in [-0.25, -0.2) is 18.4 Å². The maximum absolute atomic E-state index is 15.3. The summed E-state index contributed by atoms with van der Waals surface area (Å²) in [6.07, 6.45) is 2.40. The van der Waals surface area contributed by atoms with Crippen molar-refractivity contribution in [2.45, 2.75) is 87.7 Å². The zero-order valence-corrected chi connectivity index (χ0v) is 31.4. The molecule has 3 N–H and O–H groups in total. The molecule has 296 valence electrons. The fourth-order valence-electron chi connectivity index (χ4n) is 5.69. The zero-order valence-electron chi connectivity index (χ0n) is 30.7. The topological polar surface area (TPSA) is 197 Å². The van der Waals surface area contributed by atoms with Gasteiger partial charge in [-0.3, -0.25) is 18.7 Å². The minimum absolute atomic E-state index is 0.0709. The molecule has 0 aromatic carbocycles. The van der Waals surface area contributed by atoms with E-state index in [-0.39, 0.29) is 42.4 Å². The van der Waals surface area contributed by atoms with E-state index in [1.807, 2.05) is 0 Å². The standard InChI is InChI=1S/C17H24FN3O5.C12H18FN3O4.C5H7ClO/c1-5-6-7-13(22)19-12-8-9-21(16(23)20-12)15-17(2,18)14(25-4)11(26-15)10-24-3;1-12(13)9(19-3)7(6-18-2)20-10(12)16-5-4-8(14)15-11(16)17;1-2-3-4-5(6)7/h5,8-9,11,14-15H,1,6-7,10H2,2-4H3,(H,19,20,22,23);4-5,7,9-10H,6H2,1-3H3,(H2,14,15,17);2H,1,3-4H2/t11-,14?,15-,17+;7-,9?,10-,12+;/m11./s1. The Kier molecular flexibility index (Phi) is 18.0. The van der Waals surface area contributed by atoms with Gasteiger partial charge >= 0.3 is 11.4 Å². The minimum Gasteiger partial charge on any atom is -0.383 e. The number of allylic oxidation sites excluding steroid dienone is 2. The minimum atomic E-state index is -1.97. The van der Waals surface area contributed by atoms with Crippen molar-refractivity contribution in [3.63, 3.8) is 0 Å². The van der Waals surface area contributed by atoms with E-state index < -0.39 is 59.6 Å². The highest BCUT2D eigenvalue weighted by atomic mass is 35.5. The number of ether oxygens (including phenoxy) is 6. The first kappa shape index (κ1) is 45.2. The summed E-state index contributed by atoms with van der Waals surface area (Å²) in [5.41, 5.74) is 0.125. The molecule has 2 unspecified atom stereocenters. The van der Waals surface area contributed by atoms with Crippen molar-refractivity contribution in [3.05, 3.63) is 70.8 Å². The molecule has 8 atom stereocenters. The van der Waals surface area contributed by atoms with E-state index in [1.165, 1.54) is 66.8 Å². The van der Waals surface area contributed by atoms with Crippen LogP contribution >= 0.6 is 11.6 Å². The van der Waals surface area contributed by atoms with Gasteiger partial charge in [0.25, 0.3) is 0 Å². The van der Waals surface area contributed by atoms with Gasteiger partial charge in [0.1, 0.15) is 36.1 Å². The summed E-state index contributed by atoms with van der Waals surface area (Å²) < 4.78 is 64.0. The number of carbonyl (C=O) groups is 2. The van der Waals surface area contributed by atoms with Gasteiger partial charge in [0, 0.05) is 53.7 Å². The van der Waals surface area contributed by atoms with E-state index in [4.69, 9.17) is 45.8 Å². The number of alkyl halides is 2. The number of aromatic nitrogens is 4. The van der Waals surface area contributed by atoms with Crippen molar-refractivity contribution >= 4 is 34.4 Å². The number of rotatable bonds is 15. The Morgan fingerprint density at radius 2 is 1.34 bits per heavy atom. The summed E-state index contributed by atoms with van der Waals surface area (Å²) in [5.74, 6) is -0.126. The van der Waals surface area contributed by atoms with Gasteiger partial charge in [0.05, 0.1) is 13.2 Å². The maximum Gasteiger partial charge on any atom is 0.351 e. The number of nitrogen functional groups attached to an aromatic ring is 1. The Morgan fingerprint density at radius 3 is 1.72 bits per heavy atom. The van der Waals surface area contributed by atoms with Crippen LogP contribution in [0.25, 0.3) is 0 Å². The summed E-state index contributed by atoms with van der Waals surface area (Å²) in [6, 6.07) is 2.82. The van der Waals surface area contributed by atoms with Gasteiger partial charge in [0.2, 0.25) is 11.1 Å². The Morgan fingerprint density at radius 1 is 0.887 bits per heavy atom. The Labute approximate surface area is 311 Å². The summed E-state index contributed by atoms with van der Waals surface area (Å²) in [6.45, 7) is 9.87. The molecule has 0 spiro atoms. The van der Waals surface area contributed by atoms with Crippen LogP contribution in [0.15, 0.2) is 59.4 Å². The Hall–Kier alpha value is -3.91. The normalized spacial score (nSPS) is 27.5. The van der Waals surface area contributed by atoms with E-state index in [0.29, 0.717) is 19.3 Å². The van der Waals surface area contributed by atoms with Crippen LogP contribution in [0, 0.1) is 0 Å². The molecule has 2 saturated heterocycles. The van der Waals surface area contributed by atoms with Crippen LogP contribution in [-0.2, 0) is 38.0 Å². The summed E-state index contributed by atoms with van der Waals surface area (Å²) in [5, 5.41) is 2.22. The molecule has 53 heavy (non-hydrogen) atoms. The number of hydrogen-bond acceptors (Lipinski definition) is 13. The second-order valence-electron chi connectivity index (χ2n) is 12.2. The Balaban J connectivity index is 0.000000318. The number of halogens is 3. The maximum atomic E-state index is 15.3. The van der Waals surface area contributed by atoms with Gasteiger partial charge in [-0.1, -0.05) is 12.2 Å². The molecule has 0 bridgehead atoms. The highest BCUT2D eigenvalue weighted by Gasteiger charge is 2.57. The zero-order chi connectivity index (χ0) is 39.9. The van der Waals surface area contributed by atoms with Crippen molar-refractivity contribution in [3.8, 4) is 0 Å². The van der Waals surface area contributed by atoms with Crippen LogP contribution < -0.4 is 22.4 Å². The molecule has 4 heterocycles. The van der Waals surface area contributed by atoms with Crippen LogP contribution in [0.1, 0.15) is 52.0 Å². The molecule has 2 fully saturated rings. The number of carbonyl (C=O) groups excluding carboxylic acids is 2. The van der Waals surface area contributed by atoms with Crippen LogP contribution in [0.2, 0.25) is 0 Å². The van der Waals surface area contributed by atoms with Gasteiger partial charge < -0.3 is 39.5 Å². The lowest BCUT2D eigenvalue weighted by Gasteiger charge is -2.26. The molecule has 4 rings (SSSR count). The molecule has 0 saturated carbocycles. The third kappa shape index (κ3) is 12.0. The van der Waals surface area contributed by atoms with E-state index in [2.05, 4.69) is 28.4 Å². The lowest BCUT2D eigenvalue weighted by atomic mass is 9.98. The fraction of sp³-hybridized carbons (Fsp3) is 0.588. The van der Waals surface area contributed by atoms with Crippen LogP contribution in [0.3, 0.4) is 0 Å². The van der Waals surface area contributed by atoms with E-state index in [1.54, 1.807) is 12.2 Å². The third-order valence-electron chi connectivity index (χ3n) is 8.11. The third-order valence-corrected chi connectivity index (χ3v) is 8.29.